The summed E-state index contributed by atoms with van der Waals surface area (Å²) < 4.78 is 16.0. The van der Waals surface area contributed by atoms with Gasteiger partial charge in [0.2, 0.25) is 0 Å². The van der Waals surface area contributed by atoms with Crippen molar-refractivity contribution in [3.05, 3.63) is 94.9 Å². The van der Waals surface area contributed by atoms with E-state index in [1.165, 1.54) is 17.2 Å². The van der Waals surface area contributed by atoms with Gasteiger partial charge in [0.25, 0.3) is 0 Å². The van der Waals surface area contributed by atoms with Crippen LogP contribution >= 0.6 is 0 Å². The predicted octanol–water partition coefficient (Wildman–Crippen LogP) is 5.04. The fourth-order valence-electron chi connectivity index (χ4n) is 3.08. The maximum absolute atomic E-state index is 13.9. The van der Waals surface area contributed by atoms with Crippen LogP contribution in [0.5, 0.6) is 0 Å². The van der Waals surface area contributed by atoms with E-state index >= 15 is 0 Å². The Morgan fingerprint density at radius 1 is 1.00 bits per heavy atom. The Kier molecular flexibility index (Phi) is 5.75. The van der Waals surface area contributed by atoms with Gasteiger partial charge in [0, 0.05) is 24.5 Å². The van der Waals surface area contributed by atoms with Gasteiger partial charge in [0.05, 0.1) is 17.1 Å². The molecule has 0 spiro atoms. The lowest BCUT2D eigenvalue weighted by atomic mass is 10.0. The topological polar surface area (TPSA) is 43.3 Å². The Labute approximate surface area is 160 Å². The average Bonchev–Trinajstić information content (AvgIpc) is 2.64. The molecule has 3 aromatic rings. The van der Waals surface area contributed by atoms with Gasteiger partial charge in [-0.25, -0.2) is 4.39 Å². The summed E-state index contributed by atoms with van der Waals surface area (Å²) >= 11 is 0. The highest BCUT2D eigenvalue weighted by atomic mass is 19.1. The minimum Gasteiger partial charge on any atom is -0.396 e. The van der Waals surface area contributed by atoms with E-state index in [4.69, 9.17) is 5.73 Å². The first kappa shape index (κ1) is 18.9. The van der Waals surface area contributed by atoms with Crippen LogP contribution in [0.25, 0.3) is 0 Å². The molecular weight excluding hydrogens is 337 g/mol. The molecule has 2 aromatic carbocycles. The normalized spacial score (nSPS) is 13.1. The van der Waals surface area contributed by atoms with E-state index in [-0.39, 0.29) is 11.9 Å². The fraction of sp³-hybridized carbons (Fsp3) is 0.261. The van der Waals surface area contributed by atoms with E-state index in [1.54, 1.807) is 12.1 Å². The molecule has 0 fully saturated rings. The van der Waals surface area contributed by atoms with Gasteiger partial charge >= 0.3 is 0 Å². The van der Waals surface area contributed by atoms with Gasteiger partial charge in [0.15, 0.2) is 0 Å². The summed E-state index contributed by atoms with van der Waals surface area (Å²) in [5.74, 6) is 0.280. The molecule has 0 aliphatic carbocycles. The molecule has 4 heteroatoms. The summed E-state index contributed by atoms with van der Waals surface area (Å²) in [6.45, 7) is 6.99. The van der Waals surface area contributed by atoms with Crippen molar-refractivity contribution in [3.8, 4) is 0 Å². The number of pyridine rings is 1. The second kappa shape index (κ2) is 8.21. The lowest BCUT2D eigenvalue weighted by Crippen LogP contribution is -2.14. The highest BCUT2D eigenvalue weighted by molar-refractivity contribution is 5.34. The molecule has 27 heavy (non-hydrogen) atoms. The number of nitrogens with two attached hydrogens (primary N) is 1. The molecule has 1 atom stereocenters. The number of nitrogen functional groups attached to an aromatic ring is 1. The molecule has 0 amide bonds. The van der Waals surface area contributed by atoms with Crippen LogP contribution in [0.4, 0.5) is 10.1 Å². The third kappa shape index (κ3) is 4.64. The van der Waals surface area contributed by atoms with Gasteiger partial charge < -0.3 is 10.3 Å². The molecule has 0 aliphatic rings. The molecule has 0 bridgehead atoms. The minimum absolute atomic E-state index is 0.247. The van der Waals surface area contributed by atoms with Gasteiger partial charge in [-0.1, -0.05) is 56.3 Å². The van der Waals surface area contributed by atoms with Gasteiger partial charge in [-0.05, 0) is 36.1 Å². The van der Waals surface area contributed by atoms with E-state index in [0.29, 0.717) is 22.5 Å². The molecule has 3 nitrogen and oxygen atoms in total. The first-order chi connectivity index (χ1) is 12.9. The predicted molar refractivity (Wildman–Crippen MR) is 109 cm³/mol. The third-order valence-electron chi connectivity index (χ3n) is 4.72. The molecule has 0 saturated carbocycles. The number of nitrogens with zero attached hydrogens (tertiary/aromatic N) is 2. The highest BCUT2D eigenvalue weighted by Gasteiger charge is 2.08. The Bertz CT molecular complexity index is 971. The maximum atomic E-state index is 13.9. The summed E-state index contributed by atoms with van der Waals surface area (Å²) in [5, 5.41) is 0.678. The van der Waals surface area contributed by atoms with Crippen LogP contribution in [-0.2, 0) is 6.54 Å². The number of hydrogen-bond acceptors (Lipinski definition) is 2. The lowest BCUT2D eigenvalue weighted by Gasteiger charge is -2.11. The monoisotopic (exact) mass is 363 g/mol. The Morgan fingerprint density at radius 3 is 2.33 bits per heavy atom. The summed E-state index contributed by atoms with van der Waals surface area (Å²) in [5.41, 5.74) is 9.90. The first-order valence-electron chi connectivity index (χ1n) is 9.26. The fourth-order valence-corrected chi connectivity index (χ4v) is 3.08. The van der Waals surface area contributed by atoms with Crippen LogP contribution in [-0.4, -0.2) is 4.57 Å². The maximum Gasteiger partial charge on any atom is 0.128 e. The molecule has 2 N–H and O–H groups in total. The van der Waals surface area contributed by atoms with E-state index in [1.807, 2.05) is 36.0 Å². The molecule has 1 aromatic heterocycles. The summed E-state index contributed by atoms with van der Waals surface area (Å²) in [4.78, 5) is 4.59. The SMILES string of the molecule is CC(C)c1ccc(Cn2ccc(=NC(C)c3ccccc3F)c(N)c2)cc1. The van der Waals surface area contributed by atoms with E-state index in [0.717, 1.165) is 6.54 Å². The van der Waals surface area contributed by atoms with Crippen LogP contribution in [0.15, 0.2) is 72.0 Å². The molecular formula is C23H26FN3. The van der Waals surface area contributed by atoms with Gasteiger partial charge in [-0.2, -0.15) is 0 Å². The summed E-state index contributed by atoms with van der Waals surface area (Å²) in [6, 6.07) is 16.9. The van der Waals surface area contributed by atoms with Gasteiger partial charge in [0.1, 0.15) is 5.82 Å². The number of anilines is 1. The van der Waals surface area contributed by atoms with E-state index in [9.17, 15) is 4.39 Å². The third-order valence-corrected chi connectivity index (χ3v) is 4.72. The molecule has 1 heterocycles. The zero-order valence-electron chi connectivity index (χ0n) is 16.1. The van der Waals surface area contributed by atoms with Crippen molar-refractivity contribution < 1.29 is 4.39 Å². The molecule has 1 unspecified atom stereocenters. The lowest BCUT2D eigenvalue weighted by molar-refractivity contribution is 0.591. The van der Waals surface area contributed by atoms with Crippen molar-refractivity contribution in [1.29, 1.82) is 0 Å². The zero-order valence-corrected chi connectivity index (χ0v) is 16.1. The molecule has 140 valence electrons. The standard InChI is InChI=1S/C23H26FN3/c1-16(2)19-10-8-18(9-11-19)14-27-13-12-23(22(25)15-27)26-17(3)20-6-4-5-7-21(20)24/h4-13,15-17H,14,25H2,1-3H3. The van der Waals surface area contributed by atoms with Crippen molar-refractivity contribution >= 4 is 5.69 Å². The summed E-state index contributed by atoms with van der Waals surface area (Å²) in [7, 11) is 0. The largest absolute Gasteiger partial charge is 0.396 e. The van der Waals surface area contributed by atoms with Gasteiger partial charge in [-0.3, -0.25) is 4.99 Å². The second-order valence-electron chi connectivity index (χ2n) is 7.18. The Hall–Kier alpha value is -2.88. The van der Waals surface area contributed by atoms with Crippen LogP contribution in [0, 0.1) is 5.82 Å². The number of rotatable bonds is 5. The van der Waals surface area contributed by atoms with E-state index < -0.39 is 0 Å². The van der Waals surface area contributed by atoms with Crippen LogP contribution in [0.3, 0.4) is 0 Å². The molecule has 0 aliphatic heterocycles. The number of benzene rings is 2. The van der Waals surface area contributed by atoms with Crippen molar-refractivity contribution in [3.63, 3.8) is 0 Å². The van der Waals surface area contributed by atoms with Crippen LogP contribution in [0.2, 0.25) is 0 Å². The van der Waals surface area contributed by atoms with Gasteiger partial charge in [-0.15, -0.1) is 0 Å². The van der Waals surface area contributed by atoms with Crippen molar-refractivity contribution in [2.24, 2.45) is 4.99 Å². The zero-order chi connectivity index (χ0) is 19.4. The Balaban J connectivity index is 1.80. The molecule has 0 saturated heterocycles. The number of hydrogen-bond donors (Lipinski definition) is 1. The molecule has 0 radical (unpaired) electrons. The number of aromatic nitrogens is 1. The van der Waals surface area contributed by atoms with E-state index in [2.05, 4.69) is 43.1 Å². The number of halogens is 1. The average molecular weight is 363 g/mol. The van der Waals surface area contributed by atoms with Crippen molar-refractivity contribution in [2.75, 3.05) is 5.73 Å². The molecule has 3 rings (SSSR count). The van der Waals surface area contributed by atoms with Crippen molar-refractivity contribution in [1.82, 2.24) is 4.57 Å². The minimum atomic E-state index is -0.298. The first-order valence-corrected chi connectivity index (χ1v) is 9.26. The smallest absolute Gasteiger partial charge is 0.128 e. The van der Waals surface area contributed by atoms with Crippen LogP contribution in [0.1, 0.15) is 49.4 Å². The summed E-state index contributed by atoms with van der Waals surface area (Å²) in [6.07, 6.45) is 3.84. The highest BCUT2D eigenvalue weighted by Crippen LogP contribution is 2.19. The second-order valence-corrected chi connectivity index (χ2v) is 7.18. The quantitative estimate of drug-likeness (QED) is 0.678. The Morgan fingerprint density at radius 2 is 1.70 bits per heavy atom. The van der Waals surface area contributed by atoms with Crippen molar-refractivity contribution in [2.45, 2.75) is 39.3 Å². The van der Waals surface area contributed by atoms with Crippen LogP contribution < -0.4 is 11.1 Å².